The van der Waals surface area contributed by atoms with Crippen LogP contribution in [0.3, 0.4) is 0 Å². The highest BCUT2D eigenvalue weighted by atomic mass is 32.1. The fourth-order valence-corrected chi connectivity index (χ4v) is 8.40. The van der Waals surface area contributed by atoms with Crippen LogP contribution in [0.4, 0.5) is 17.1 Å². The summed E-state index contributed by atoms with van der Waals surface area (Å²) in [6.45, 7) is 4.54. The van der Waals surface area contributed by atoms with E-state index in [-0.39, 0.29) is 0 Å². The van der Waals surface area contributed by atoms with Crippen LogP contribution >= 0.6 is 11.3 Å². The number of hydrogen-bond donors (Lipinski definition) is 0. The van der Waals surface area contributed by atoms with E-state index >= 15 is 0 Å². The van der Waals surface area contributed by atoms with E-state index in [2.05, 4.69) is 158 Å². The van der Waals surface area contributed by atoms with E-state index in [9.17, 15) is 0 Å². The molecule has 236 valence electrons. The predicted octanol–water partition coefficient (Wildman–Crippen LogP) is 14.2. The van der Waals surface area contributed by atoms with Crippen molar-refractivity contribution in [3.63, 3.8) is 0 Å². The minimum absolute atomic E-state index is 1.12. The summed E-state index contributed by atoms with van der Waals surface area (Å²) in [6.07, 6.45) is 7.15. The predicted molar refractivity (Wildman–Crippen MR) is 212 cm³/mol. The molecule has 0 amide bonds. The van der Waals surface area contributed by atoms with Gasteiger partial charge in [-0.25, -0.2) is 0 Å². The zero-order chi connectivity index (χ0) is 32.5. The number of benzene rings is 7. The fraction of sp³-hybridized carbons (Fsp3) is 0.174. The number of fused-ring (bicyclic) bond motifs is 6. The lowest BCUT2D eigenvalue weighted by Crippen LogP contribution is -2.10. The van der Waals surface area contributed by atoms with Gasteiger partial charge in [0.25, 0.3) is 0 Å². The Morgan fingerprint density at radius 1 is 0.458 bits per heavy atom. The average Bonchev–Trinajstić information content (AvgIpc) is 3.51. The molecule has 1 heterocycles. The third-order valence-corrected chi connectivity index (χ3v) is 10.9. The van der Waals surface area contributed by atoms with Crippen LogP contribution in [0.1, 0.15) is 50.7 Å². The quantitative estimate of drug-likeness (QED) is 0.135. The molecule has 0 unspecified atom stereocenters. The summed E-state index contributed by atoms with van der Waals surface area (Å²) >= 11 is 1.92. The molecule has 1 aromatic heterocycles. The van der Waals surface area contributed by atoms with Gasteiger partial charge in [0.2, 0.25) is 0 Å². The molecule has 8 aromatic rings. The second-order valence-corrected chi connectivity index (χ2v) is 14.1. The summed E-state index contributed by atoms with van der Waals surface area (Å²) < 4.78 is 2.70. The first-order valence-corrected chi connectivity index (χ1v) is 18.4. The van der Waals surface area contributed by atoms with Gasteiger partial charge in [-0.05, 0) is 100 Å². The van der Waals surface area contributed by atoms with Crippen LogP contribution in [-0.4, -0.2) is 0 Å². The second kappa shape index (κ2) is 13.3. The normalized spacial score (nSPS) is 11.6. The molecule has 8 rings (SSSR count). The largest absolute Gasteiger partial charge is 0.310 e. The summed E-state index contributed by atoms with van der Waals surface area (Å²) in [7, 11) is 0. The van der Waals surface area contributed by atoms with Gasteiger partial charge >= 0.3 is 0 Å². The van der Waals surface area contributed by atoms with Crippen LogP contribution in [0.5, 0.6) is 0 Å². The summed E-state index contributed by atoms with van der Waals surface area (Å²) in [4.78, 5) is 2.47. The Balaban J connectivity index is 1.31. The molecule has 0 aliphatic heterocycles. The average molecular weight is 640 g/mol. The third-order valence-electron chi connectivity index (χ3n) is 9.79. The molecule has 2 heteroatoms. The molecule has 0 fully saturated rings. The summed E-state index contributed by atoms with van der Waals surface area (Å²) in [6, 6.07) is 52.3. The lowest BCUT2D eigenvalue weighted by Gasteiger charge is -2.28. The molecule has 0 radical (unpaired) electrons. The molecule has 0 N–H and O–H groups in total. The third kappa shape index (κ3) is 5.76. The molecule has 0 saturated heterocycles. The second-order valence-electron chi connectivity index (χ2n) is 13.1. The minimum atomic E-state index is 1.12. The smallest absolute Gasteiger partial charge is 0.0546 e. The molecule has 0 bridgehead atoms. The Morgan fingerprint density at radius 3 is 1.81 bits per heavy atom. The van der Waals surface area contributed by atoms with Crippen molar-refractivity contribution in [3.05, 3.63) is 151 Å². The van der Waals surface area contributed by atoms with E-state index in [1.807, 2.05) is 11.3 Å². The van der Waals surface area contributed by atoms with Gasteiger partial charge in [0, 0.05) is 36.9 Å². The van der Waals surface area contributed by atoms with Crippen molar-refractivity contribution in [3.8, 4) is 11.1 Å². The zero-order valence-electron chi connectivity index (χ0n) is 27.9. The monoisotopic (exact) mass is 639 g/mol. The van der Waals surface area contributed by atoms with Crippen molar-refractivity contribution in [2.75, 3.05) is 4.90 Å². The molecular weight excluding hydrogens is 599 g/mol. The van der Waals surface area contributed by atoms with Crippen LogP contribution in [0.15, 0.2) is 140 Å². The first kappa shape index (κ1) is 30.4. The van der Waals surface area contributed by atoms with Gasteiger partial charge in [-0.2, -0.15) is 0 Å². The standard InChI is InChI=1S/C46H41NS/c1-3-5-12-32-18-20-36-30-44(40-17-11-10-16-39(40)43(36)28-32)47(37-23-21-35(22-24-37)34-14-8-7-9-15-34)38-25-27-42-41-26-19-33(13-6-4-2)29-45(41)48-46(42)31-38/h7-11,14-31H,3-6,12-13H2,1-2H3. The first-order valence-electron chi connectivity index (χ1n) is 17.6. The van der Waals surface area contributed by atoms with Crippen molar-refractivity contribution in [2.45, 2.75) is 52.4 Å². The minimum Gasteiger partial charge on any atom is -0.310 e. The van der Waals surface area contributed by atoms with E-state index in [0.29, 0.717) is 0 Å². The van der Waals surface area contributed by atoms with E-state index < -0.39 is 0 Å². The number of unbranched alkanes of at least 4 members (excludes halogenated alkanes) is 2. The molecule has 0 aliphatic rings. The molecule has 1 nitrogen and oxygen atoms in total. The number of thiophene rings is 1. The zero-order valence-corrected chi connectivity index (χ0v) is 28.7. The summed E-state index contributed by atoms with van der Waals surface area (Å²) in [5.74, 6) is 0. The van der Waals surface area contributed by atoms with Crippen molar-refractivity contribution in [1.29, 1.82) is 0 Å². The Morgan fingerprint density at radius 2 is 1.06 bits per heavy atom. The van der Waals surface area contributed by atoms with Crippen LogP contribution in [0, 0.1) is 0 Å². The van der Waals surface area contributed by atoms with Gasteiger partial charge in [-0.15, -0.1) is 11.3 Å². The van der Waals surface area contributed by atoms with Crippen LogP contribution in [-0.2, 0) is 12.8 Å². The number of anilines is 3. The first-order chi connectivity index (χ1) is 23.7. The topological polar surface area (TPSA) is 3.24 Å². The highest BCUT2D eigenvalue weighted by Crippen LogP contribution is 2.45. The van der Waals surface area contributed by atoms with Gasteiger partial charge in [0.05, 0.1) is 5.69 Å². The number of rotatable bonds is 10. The maximum atomic E-state index is 2.47. The summed E-state index contributed by atoms with van der Waals surface area (Å²) in [5, 5.41) is 7.87. The SMILES string of the molecule is CCCCc1ccc2c(c1)sc1cc(N(c3ccc(-c4ccccc4)cc3)c3cc4ccc(CCCC)cc4c4ccccc34)ccc12. The molecule has 0 aliphatic carbocycles. The highest BCUT2D eigenvalue weighted by Gasteiger charge is 2.19. The van der Waals surface area contributed by atoms with Crippen molar-refractivity contribution in [1.82, 2.24) is 0 Å². The van der Waals surface area contributed by atoms with Gasteiger partial charge in [-0.1, -0.05) is 130 Å². The van der Waals surface area contributed by atoms with Gasteiger partial charge in [-0.3, -0.25) is 0 Å². The Hall–Kier alpha value is -4.92. The van der Waals surface area contributed by atoms with E-state index in [1.54, 1.807) is 0 Å². The van der Waals surface area contributed by atoms with Crippen molar-refractivity contribution >= 4 is 70.1 Å². The molecule has 0 saturated carbocycles. The number of hydrogen-bond acceptors (Lipinski definition) is 2. The molecular formula is C46H41NS. The van der Waals surface area contributed by atoms with Crippen molar-refractivity contribution < 1.29 is 0 Å². The molecule has 0 atom stereocenters. The highest BCUT2D eigenvalue weighted by molar-refractivity contribution is 7.25. The van der Waals surface area contributed by atoms with E-state index in [0.717, 1.165) is 18.5 Å². The lowest BCUT2D eigenvalue weighted by atomic mass is 9.96. The summed E-state index contributed by atoms with van der Waals surface area (Å²) in [5.41, 5.74) is 8.85. The Labute approximate surface area is 288 Å². The Kier molecular flexibility index (Phi) is 8.43. The van der Waals surface area contributed by atoms with Gasteiger partial charge in [0.1, 0.15) is 0 Å². The molecule has 7 aromatic carbocycles. The van der Waals surface area contributed by atoms with E-state index in [4.69, 9.17) is 0 Å². The van der Waals surface area contributed by atoms with Crippen LogP contribution in [0.25, 0.3) is 52.8 Å². The number of aryl methyl sites for hydroxylation is 2. The Bertz CT molecular complexity index is 2370. The fourth-order valence-electron chi connectivity index (χ4n) is 7.20. The number of nitrogens with zero attached hydrogens (tertiary/aromatic N) is 1. The maximum absolute atomic E-state index is 2.47. The van der Waals surface area contributed by atoms with Crippen molar-refractivity contribution in [2.24, 2.45) is 0 Å². The van der Waals surface area contributed by atoms with Gasteiger partial charge in [0.15, 0.2) is 0 Å². The lowest BCUT2D eigenvalue weighted by molar-refractivity contribution is 0.796. The maximum Gasteiger partial charge on any atom is 0.0546 e. The molecule has 0 spiro atoms. The van der Waals surface area contributed by atoms with Crippen LogP contribution in [0.2, 0.25) is 0 Å². The van der Waals surface area contributed by atoms with E-state index in [1.165, 1.54) is 101 Å². The van der Waals surface area contributed by atoms with Gasteiger partial charge < -0.3 is 4.90 Å². The van der Waals surface area contributed by atoms with Crippen LogP contribution < -0.4 is 4.90 Å². The molecule has 48 heavy (non-hydrogen) atoms.